The lowest BCUT2D eigenvalue weighted by Crippen LogP contribution is -2.49. The molecule has 0 aliphatic carbocycles. The number of aromatic nitrogens is 3. The molecule has 1 fully saturated rings. The molecule has 1 aromatic carbocycles. The number of hydrogen-bond acceptors (Lipinski definition) is 4. The summed E-state index contributed by atoms with van der Waals surface area (Å²) in [6.07, 6.45) is 6.20. The van der Waals surface area contributed by atoms with Crippen LogP contribution in [0.4, 0.5) is 5.82 Å². The highest BCUT2D eigenvalue weighted by molar-refractivity contribution is 5.94. The highest BCUT2D eigenvalue weighted by Crippen LogP contribution is 2.28. The van der Waals surface area contributed by atoms with E-state index in [0.717, 1.165) is 61.8 Å². The van der Waals surface area contributed by atoms with E-state index in [4.69, 9.17) is 4.98 Å². The summed E-state index contributed by atoms with van der Waals surface area (Å²) in [7, 11) is 0. The van der Waals surface area contributed by atoms with E-state index in [-0.39, 0.29) is 5.91 Å². The number of benzene rings is 1. The van der Waals surface area contributed by atoms with Gasteiger partial charge in [0.1, 0.15) is 17.3 Å². The second-order valence-electron chi connectivity index (χ2n) is 8.03. The minimum atomic E-state index is 0.0727. The molecule has 5 rings (SSSR count). The monoisotopic (exact) mass is 401 g/mol. The standard InChI is InChI=1S/C24H27N5O/c30-24(28-17-15-27(16-18-28)21-12-6-7-13-25-21)22-20-11-5-2-8-14-29(20)23(26-22)19-9-3-1-4-10-19/h1,3-4,6-7,9-10,12-13H,2,5,8,11,14-18H2. The van der Waals surface area contributed by atoms with E-state index >= 15 is 0 Å². The van der Waals surface area contributed by atoms with Crippen molar-refractivity contribution < 1.29 is 4.79 Å². The third-order valence-electron chi connectivity index (χ3n) is 6.14. The second-order valence-corrected chi connectivity index (χ2v) is 8.03. The molecule has 154 valence electrons. The lowest BCUT2D eigenvalue weighted by atomic mass is 10.1. The van der Waals surface area contributed by atoms with Crippen molar-refractivity contribution in [3.05, 3.63) is 66.1 Å². The molecule has 1 amide bonds. The van der Waals surface area contributed by atoms with Crippen LogP contribution < -0.4 is 4.90 Å². The zero-order chi connectivity index (χ0) is 20.3. The first-order valence-corrected chi connectivity index (χ1v) is 10.9. The maximum atomic E-state index is 13.5. The number of piperazine rings is 1. The molecule has 0 unspecified atom stereocenters. The second kappa shape index (κ2) is 8.30. The van der Waals surface area contributed by atoms with Gasteiger partial charge in [0.2, 0.25) is 0 Å². The first-order chi connectivity index (χ1) is 14.8. The van der Waals surface area contributed by atoms with Gasteiger partial charge in [-0.1, -0.05) is 42.8 Å². The highest BCUT2D eigenvalue weighted by atomic mass is 16.2. The van der Waals surface area contributed by atoms with Crippen molar-refractivity contribution in [3.63, 3.8) is 0 Å². The summed E-state index contributed by atoms with van der Waals surface area (Å²) in [4.78, 5) is 27.0. The molecule has 0 atom stereocenters. The van der Waals surface area contributed by atoms with Crippen molar-refractivity contribution in [1.82, 2.24) is 19.4 Å². The number of nitrogens with zero attached hydrogens (tertiary/aromatic N) is 5. The minimum absolute atomic E-state index is 0.0727. The number of hydrogen-bond donors (Lipinski definition) is 0. The molecule has 0 bridgehead atoms. The normalized spacial score (nSPS) is 16.8. The van der Waals surface area contributed by atoms with Crippen molar-refractivity contribution in [3.8, 4) is 11.4 Å². The summed E-state index contributed by atoms with van der Waals surface area (Å²) in [5, 5.41) is 0. The molecular formula is C24H27N5O. The summed E-state index contributed by atoms with van der Waals surface area (Å²) in [5.41, 5.74) is 2.85. The lowest BCUT2D eigenvalue weighted by molar-refractivity contribution is 0.0740. The van der Waals surface area contributed by atoms with Gasteiger partial charge in [-0.25, -0.2) is 9.97 Å². The van der Waals surface area contributed by atoms with Crippen LogP contribution in [-0.2, 0) is 13.0 Å². The number of imidazole rings is 1. The van der Waals surface area contributed by atoms with Crippen LogP contribution in [0.2, 0.25) is 0 Å². The fourth-order valence-electron chi connectivity index (χ4n) is 4.53. The van der Waals surface area contributed by atoms with Gasteiger partial charge in [0.15, 0.2) is 0 Å². The first kappa shape index (κ1) is 18.9. The molecule has 4 heterocycles. The van der Waals surface area contributed by atoms with Crippen molar-refractivity contribution in [2.45, 2.75) is 32.2 Å². The fraction of sp³-hybridized carbons (Fsp3) is 0.375. The molecule has 6 nitrogen and oxygen atoms in total. The topological polar surface area (TPSA) is 54.3 Å². The van der Waals surface area contributed by atoms with Crippen LogP contribution in [-0.4, -0.2) is 51.5 Å². The van der Waals surface area contributed by atoms with Crippen LogP contribution in [0.1, 0.15) is 35.4 Å². The molecule has 0 N–H and O–H groups in total. The third kappa shape index (κ3) is 3.58. The smallest absolute Gasteiger partial charge is 0.274 e. The molecular weight excluding hydrogens is 374 g/mol. The number of carbonyl (C=O) groups excluding carboxylic acids is 1. The Morgan fingerprint density at radius 1 is 0.833 bits per heavy atom. The van der Waals surface area contributed by atoms with Crippen LogP contribution in [0, 0.1) is 0 Å². The maximum absolute atomic E-state index is 13.5. The Morgan fingerprint density at radius 2 is 1.63 bits per heavy atom. The Hall–Kier alpha value is -3.15. The van der Waals surface area contributed by atoms with Crippen molar-refractivity contribution in [2.75, 3.05) is 31.1 Å². The van der Waals surface area contributed by atoms with E-state index in [2.05, 4.69) is 26.6 Å². The van der Waals surface area contributed by atoms with Gasteiger partial charge in [-0.05, 0) is 31.4 Å². The lowest BCUT2D eigenvalue weighted by Gasteiger charge is -2.35. The van der Waals surface area contributed by atoms with E-state index in [1.807, 2.05) is 47.5 Å². The van der Waals surface area contributed by atoms with Crippen LogP contribution >= 0.6 is 0 Å². The Balaban J connectivity index is 1.40. The van der Waals surface area contributed by atoms with Crippen LogP contribution in [0.15, 0.2) is 54.7 Å². The fourth-order valence-corrected chi connectivity index (χ4v) is 4.53. The minimum Gasteiger partial charge on any atom is -0.353 e. The summed E-state index contributed by atoms with van der Waals surface area (Å²) in [5.74, 6) is 1.98. The SMILES string of the molecule is O=C(c1nc(-c2ccccc2)n2c1CCCCC2)N1CCN(c2ccccn2)CC1. The molecule has 2 aromatic heterocycles. The van der Waals surface area contributed by atoms with Gasteiger partial charge >= 0.3 is 0 Å². The number of pyridine rings is 1. The van der Waals surface area contributed by atoms with Crippen LogP contribution in [0.5, 0.6) is 0 Å². The summed E-state index contributed by atoms with van der Waals surface area (Å²) >= 11 is 0. The summed E-state index contributed by atoms with van der Waals surface area (Å²) in [6, 6.07) is 16.2. The van der Waals surface area contributed by atoms with Gasteiger partial charge in [-0.3, -0.25) is 4.79 Å². The average Bonchev–Trinajstić information content (AvgIpc) is 3.00. The van der Waals surface area contributed by atoms with E-state index in [0.29, 0.717) is 18.8 Å². The Bertz CT molecular complexity index is 1010. The Kier molecular flexibility index (Phi) is 5.22. The van der Waals surface area contributed by atoms with Crippen molar-refractivity contribution in [2.24, 2.45) is 0 Å². The molecule has 0 saturated carbocycles. The molecule has 30 heavy (non-hydrogen) atoms. The van der Waals surface area contributed by atoms with Gasteiger partial charge in [0.05, 0.1) is 5.69 Å². The molecule has 6 heteroatoms. The molecule has 2 aliphatic rings. The Labute approximate surface area is 177 Å². The van der Waals surface area contributed by atoms with Gasteiger partial charge < -0.3 is 14.4 Å². The number of amides is 1. The van der Waals surface area contributed by atoms with Gasteiger partial charge in [0, 0.05) is 44.5 Å². The quantitative estimate of drug-likeness (QED) is 0.672. The zero-order valence-electron chi connectivity index (χ0n) is 17.2. The van der Waals surface area contributed by atoms with E-state index in [1.54, 1.807) is 0 Å². The van der Waals surface area contributed by atoms with Crippen molar-refractivity contribution >= 4 is 11.7 Å². The molecule has 3 aromatic rings. The van der Waals surface area contributed by atoms with Crippen molar-refractivity contribution in [1.29, 1.82) is 0 Å². The highest BCUT2D eigenvalue weighted by Gasteiger charge is 2.29. The number of rotatable bonds is 3. The van der Waals surface area contributed by atoms with Gasteiger partial charge in [-0.15, -0.1) is 0 Å². The average molecular weight is 402 g/mol. The Morgan fingerprint density at radius 3 is 2.40 bits per heavy atom. The predicted octanol–water partition coefficient (Wildman–Crippen LogP) is 3.63. The number of anilines is 1. The van der Waals surface area contributed by atoms with Crippen LogP contribution in [0.25, 0.3) is 11.4 Å². The van der Waals surface area contributed by atoms with E-state index in [9.17, 15) is 4.79 Å². The first-order valence-electron chi connectivity index (χ1n) is 10.9. The number of carbonyl (C=O) groups is 1. The number of fused-ring (bicyclic) bond motifs is 1. The van der Waals surface area contributed by atoms with E-state index in [1.165, 1.54) is 6.42 Å². The summed E-state index contributed by atoms with van der Waals surface area (Å²) in [6.45, 7) is 3.92. The third-order valence-corrected chi connectivity index (χ3v) is 6.14. The molecule has 2 aliphatic heterocycles. The summed E-state index contributed by atoms with van der Waals surface area (Å²) < 4.78 is 2.29. The molecule has 0 spiro atoms. The van der Waals surface area contributed by atoms with Gasteiger partial charge in [0.25, 0.3) is 5.91 Å². The van der Waals surface area contributed by atoms with Gasteiger partial charge in [-0.2, -0.15) is 0 Å². The zero-order valence-corrected chi connectivity index (χ0v) is 17.2. The predicted molar refractivity (Wildman–Crippen MR) is 118 cm³/mol. The molecule has 1 saturated heterocycles. The maximum Gasteiger partial charge on any atom is 0.274 e. The molecule has 0 radical (unpaired) electrons. The van der Waals surface area contributed by atoms with Crippen LogP contribution in [0.3, 0.4) is 0 Å². The largest absolute Gasteiger partial charge is 0.353 e. The van der Waals surface area contributed by atoms with E-state index < -0.39 is 0 Å².